The van der Waals surface area contributed by atoms with Gasteiger partial charge in [0.2, 0.25) is 0 Å². The average molecular weight is 354 g/mol. The van der Waals surface area contributed by atoms with Gasteiger partial charge >= 0.3 is 0 Å². The van der Waals surface area contributed by atoms with Gasteiger partial charge < -0.3 is 10.5 Å². The summed E-state index contributed by atoms with van der Waals surface area (Å²) in [5.41, 5.74) is 7.04. The number of benzene rings is 1. The van der Waals surface area contributed by atoms with Crippen molar-refractivity contribution in [2.45, 2.75) is 19.1 Å². The van der Waals surface area contributed by atoms with Crippen molar-refractivity contribution in [3.63, 3.8) is 0 Å². The van der Waals surface area contributed by atoms with Crippen LogP contribution in [0.3, 0.4) is 0 Å². The van der Waals surface area contributed by atoms with E-state index in [2.05, 4.69) is 27.6 Å². The zero-order valence-electron chi connectivity index (χ0n) is 10.1. The number of pyridine rings is 1. The Labute approximate surface area is 121 Å². The highest BCUT2D eigenvalue weighted by molar-refractivity contribution is 14.1. The maximum absolute atomic E-state index is 6.00. The fourth-order valence-corrected chi connectivity index (χ4v) is 2.05. The summed E-state index contributed by atoms with van der Waals surface area (Å²) in [6.45, 7) is 1.94. The number of ether oxygens (including phenoxy) is 1. The average Bonchev–Trinajstić information content (AvgIpc) is 2.38. The van der Waals surface area contributed by atoms with Crippen molar-refractivity contribution in [2.24, 2.45) is 5.73 Å². The van der Waals surface area contributed by atoms with Crippen LogP contribution in [0.25, 0.3) is 0 Å². The first-order valence-corrected chi connectivity index (χ1v) is 6.82. The first kappa shape index (κ1) is 13.3. The molecule has 1 heterocycles. The SMILES string of the molecule is CC(N)C(Oc1ccc(I)cc1)c1ccncc1. The predicted octanol–water partition coefficient (Wildman–Crippen LogP) is 3.15. The highest BCUT2D eigenvalue weighted by Crippen LogP contribution is 2.24. The first-order valence-electron chi connectivity index (χ1n) is 5.74. The molecule has 0 radical (unpaired) electrons. The monoisotopic (exact) mass is 354 g/mol. The molecule has 4 heteroatoms. The number of rotatable bonds is 4. The molecule has 0 saturated carbocycles. The van der Waals surface area contributed by atoms with Crippen LogP contribution >= 0.6 is 22.6 Å². The Morgan fingerprint density at radius 2 is 1.72 bits per heavy atom. The summed E-state index contributed by atoms with van der Waals surface area (Å²) in [5.74, 6) is 0.828. The molecule has 0 aliphatic carbocycles. The van der Waals surface area contributed by atoms with Gasteiger partial charge in [-0.2, -0.15) is 0 Å². The van der Waals surface area contributed by atoms with Crippen LogP contribution in [0, 0.1) is 3.57 Å². The molecule has 18 heavy (non-hydrogen) atoms. The number of hydrogen-bond donors (Lipinski definition) is 1. The molecular formula is C14H15IN2O. The number of nitrogens with zero attached hydrogens (tertiary/aromatic N) is 1. The van der Waals surface area contributed by atoms with Gasteiger partial charge in [0.05, 0.1) is 0 Å². The summed E-state index contributed by atoms with van der Waals surface area (Å²) in [5, 5.41) is 0. The van der Waals surface area contributed by atoms with Crippen LogP contribution in [-0.2, 0) is 0 Å². The molecule has 2 N–H and O–H groups in total. The second-order valence-electron chi connectivity index (χ2n) is 4.13. The molecule has 0 spiro atoms. The van der Waals surface area contributed by atoms with E-state index in [9.17, 15) is 0 Å². The largest absolute Gasteiger partial charge is 0.484 e. The highest BCUT2D eigenvalue weighted by Gasteiger charge is 2.17. The lowest BCUT2D eigenvalue weighted by molar-refractivity contribution is 0.180. The Kier molecular flexibility index (Phi) is 4.54. The van der Waals surface area contributed by atoms with E-state index in [0.717, 1.165) is 11.3 Å². The van der Waals surface area contributed by atoms with E-state index >= 15 is 0 Å². The topological polar surface area (TPSA) is 48.1 Å². The van der Waals surface area contributed by atoms with Crippen molar-refractivity contribution in [2.75, 3.05) is 0 Å². The molecule has 0 saturated heterocycles. The van der Waals surface area contributed by atoms with Crippen LogP contribution in [0.1, 0.15) is 18.6 Å². The van der Waals surface area contributed by atoms with E-state index < -0.39 is 0 Å². The van der Waals surface area contributed by atoms with Gasteiger partial charge in [0, 0.05) is 22.0 Å². The minimum Gasteiger partial charge on any atom is -0.484 e. The summed E-state index contributed by atoms with van der Waals surface area (Å²) in [6, 6.07) is 11.7. The van der Waals surface area contributed by atoms with Gasteiger partial charge in [-0.1, -0.05) is 0 Å². The van der Waals surface area contributed by atoms with Crippen LogP contribution < -0.4 is 10.5 Å². The first-order chi connectivity index (χ1) is 8.66. The Morgan fingerprint density at radius 3 is 2.28 bits per heavy atom. The van der Waals surface area contributed by atoms with Crippen molar-refractivity contribution in [3.8, 4) is 5.75 Å². The molecule has 0 amide bonds. The Morgan fingerprint density at radius 1 is 1.11 bits per heavy atom. The molecule has 1 aromatic carbocycles. The summed E-state index contributed by atoms with van der Waals surface area (Å²) >= 11 is 2.27. The summed E-state index contributed by atoms with van der Waals surface area (Å²) < 4.78 is 7.14. The van der Waals surface area contributed by atoms with Crippen LogP contribution in [0.15, 0.2) is 48.8 Å². The van der Waals surface area contributed by atoms with E-state index in [1.54, 1.807) is 12.4 Å². The third-order valence-corrected chi connectivity index (χ3v) is 3.31. The van der Waals surface area contributed by atoms with E-state index in [0.29, 0.717) is 0 Å². The molecule has 0 bridgehead atoms. The van der Waals surface area contributed by atoms with Crippen molar-refractivity contribution in [3.05, 3.63) is 57.9 Å². The van der Waals surface area contributed by atoms with Crippen LogP contribution in [0.5, 0.6) is 5.75 Å². The van der Waals surface area contributed by atoms with E-state index in [1.165, 1.54) is 3.57 Å². The Bertz CT molecular complexity index is 485. The minimum absolute atomic E-state index is 0.0910. The molecule has 2 rings (SSSR count). The lowest BCUT2D eigenvalue weighted by Gasteiger charge is -2.22. The summed E-state index contributed by atoms with van der Waals surface area (Å²) in [6.07, 6.45) is 3.34. The van der Waals surface area contributed by atoms with Crippen molar-refractivity contribution in [1.29, 1.82) is 0 Å². The molecule has 3 nitrogen and oxygen atoms in total. The van der Waals surface area contributed by atoms with Gasteiger partial charge in [0.1, 0.15) is 11.9 Å². The maximum atomic E-state index is 6.00. The number of hydrogen-bond acceptors (Lipinski definition) is 3. The standard InChI is InChI=1S/C14H15IN2O/c1-10(16)14(11-6-8-17-9-7-11)18-13-4-2-12(15)3-5-13/h2-10,14H,16H2,1H3. The van der Waals surface area contributed by atoms with E-state index in [-0.39, 0.29) is 12.1 Å². The fraction of sp³-hybridized carbons (Fsp3) is 0.214. The van der Waals surface area contributed by atoms with E-state index in [1.807, 2.05) is 43.3 Å². The molecule has 0 aliphatic heterocycles. The van der Waals surface area contributed by atoms with Gasteiger partial charge in [0.15, 0.2) is 0 Å². The fourth-order valence-electron chi connectivity index (χ4n) is 1.69. The molecule has 1 aromatic heterocycles. The number of nitrogens with two attached hydrogens (primary N) is 1. The predicted molar refractivity (Wildman–Crippen MR) is 80.4 cm³/mol. The van der Waals surface area contributed by atoms with Gasteiger partial charge in [0.25, 0.3) is 0 Å². The van der Waals surface area contributed by atoms with Crippen molar-refractivity contribution >= 4 is 22.6 Å². The molecule has 0 fully saturated rings. The molecule has 2 aromatic rings. The van der Waals surface area contributed by atoms with Gasteiger partial charge in [-0.3, -0.25) is 4.98 Å². The summed E-state index contributed by atoms with van der Waals surface area (Å²) in [4.78, 5) is 4.01. The minimum atomic E-state index is -0.159. The third-order valence-electron chi connectivity index (χ3n) is 2.59. The highest BCUT2D eigenvalue weighted by atomic mass is 127. The van der Waals surface area contributed by atoms with E-state index in [4.69, 9.17) is 10.5 Å². The molecular weight excluding hydrogens is 339 g/mol. The quantitative estimate of drug-likeness (QED) is 0.859. The van der Waals surface area contributed by atoms with Crippen molar-refractivity contribution < 1.29 is 4.74 Å². The summed E-state index contributed by atoms with van der Waals surface area (Å²) in [7, 11) is 0. The number of halogens is 1. The molecule has 94 valence electrons. The van der Waals surface area contributed by atoms with Crippen LogP contribution in [-0.4, -0.2) is 11.0 Å². The molecule has 2 unspecified atom stereocenters. The van der Waals surface area contributed by atoms with Gasteiger partial charge in [-0.05, 0) is 71.5 Å². The third kappa shape index (κ3) is 3.43. The second kappa shape index (κ2) is 6.15. The lowest BCUT2D eigenvalue weighted by Crippen LogP contribution is -2.29. The Balaban J connectivity index is 2.19. The van der Waals surface area contributed by atoms with Gasteiger partial charge in [-0.15, -0.1) is 0 Å². The normalized spacial score (nSPS) is 13.9. The maximum Gasteiger partial charge on any atom is 0.139 e. The number of aromatic nitrogens is 1. The zero-order chi connectivity index (χ0) is 13.0. The molecule has 2 atom stereocenters. The van der Waals surface area contributed by atoms with Crippen LogP contribution in [0.4, 0.5) is 0 Å². The molecule has 0 aliphatic rings. The zero-order valence-corrected chi connectivity index (χ0v) is 12.2. The lowest BCUT2D eigenvalue weighted by atomic mass is 10.1. The smallest absolute Gasteiger partial charge is 0.139 e. The Hall–Kier alpha value is -1.14. The van der Waals surface area contributed by atoms with Gasteiger partial charge in [-0.25, -0.2) is 0 Å². The van der Waals surface area contributed by atoms with Crippen molar-refractivity contribution in [1.82, 2.24) is 4.98 Å². The van der Waals surface area contributed by atoms with Crippen LogP contribution in [0.2, 0.25) is 0 Å². The second-order valence-corrected chi connectivity index (χ2v) is 5.38.